The van der Waals surface area contributed by atoms with Crippen LogP contribution in [0.4, 0.5) is 0 Å². The number of aromatic nitrogens is 2. The Labute approximate surface area is 126 Å². The molecule has 6 heteroatoms. The van der Waals surface area contributed by atoms with Crippen LogP contribution in [0.1, 0.15) is 23.9 Å². The molecule has 0 spiro atoms. The maximum atomic E-state index is 11.1. The number of aryl methyl sites for hydroxylation is 1. The molecule has 0 saturated heterocycles. The summed E-state index contributed by atoms with van der Waals surface area (Å²) in [6.45, 7) is 1.16. The van der Waals surface area contributed by atoms with Gasteiger partial charge in [-0.15, -0.1) is 0 Å². The highest BCUT2D eigenvalue weighted by Gasteiger charge is 2.20. The minimum Gasteiger partial charge on any atom is -0.475 e. The molecule has 6 nitrogen and oxygen atoms in total. The number of nitrogens with zero attached hydrogens (tertiary/aromatic N) is 2. The fourth-order valence-corrected chi connectivity index (χ4v) is 2.59. The summed E-state index contributed by atoms with van der Waals surface area (Å²) in [6.07, 6.45) is 4.56. The van der Waals surface area contributed by atoms with Crippen LogP contribution in [0.15, 0.2) is 36.4 Å². The Morgan fingerprint density at radius 2 is 2.09 bits per heavy atom. The first-order chi connectivity index (χ1) is 10.6. The minimum absolute atomic E-state index is 0.423. The summed E-state index contributed by atoms with van der Waals surface area (Å²) in [7, 11) is 0. The topological polar surface area (TPSA) is 81.4 Å². The van der Waals surface area contributed by atoms with Crippen LogP contribution in [-0.4, -0.2) is 26.6 Å². The van der Waals surface area contributed by atoms with E-state index in [4.69, 9.17) is 9.84 Å². The molecule has 0 saturated carbocycles. The predicted molar refractivity (Wildman–Crippen MR) is 78.4 cm³/mol. The van der Waals surface area contributed by atoms with Gasteiger partial charge in [-0.3, -0.25) is 4.79 Å². The zero-order valence-electron chi connectivity index (χ0n) is 11.9. The number of benzene rings is 1. The van der Waals surface area contributed by atoms with E-state index in [1.54, 1.807) is 6.33 Å². The molecule has 2 heterocycles. The molecule has 1 N–H and O–H groups in total. The van der Waals surface area contributed by atoms with Crippen molar-refractivity contribution in [2.75, 3.05) is 0 Å². The third-order valence-corrected chi connectivity index (χ3v) is 3.51. The number of aliphatic carboxylic acids is 1. The Hall–Kier alpha value is -2.89. The fraction of sp³-hybridized carbons (Fsp3) is 0.188. The SMILES string of the molecule is CC(=O)O/C(=C/c1ncn2c1CCc1ccccc1-2)C(=O)O. The molecule has 0 atom stereocenters. The first kappa shape index (κ1) is 14.1. The molecule has 112 valence electrons. The zero-order chi connectivity index (χ0) is 15.7. The zero-order valence-corrected chi connectivity index (χ0v) is 11.9. The first-order valence-corrected chi connectivity index (χ1v) is 6.84. The number of carboxylic acids is 1. The number of ether oxygens (including phenoxy) is 1. The molecule has 1 aliphatic rings. The second kappa shape index (κ2) is 5.48. The standard InChI is InChI=1S/C16H14N2O4/c1-10(19)22-15(16(20)21)8-12-14-7-6-11-4-2-3-5-13(11)18(14)9-17-12/h2-5,8-9H,6-7H2,1H3,(H,20,21)/b15-8+. The Kier molecular flexibility index (Phi) is 3.50. The summed E-state index contributed by atoms with van der Waals surface area (Å²) in [6, 6.07) is 8.00. The van der Waals surface area contributed by atoms with E-state index in [1.165, 1.54) is 11.6 Å². The molecule has 0 unspecified atom stereocenters. The van der Waals surface area contributed by atoms with Crippen molar-refractivity contribution in [2.45, 2.75) is 19.8 Å². The van der Waals surface area contributed by atoms with Gasteiger partial charge in [-0.25, -0.2) is 9.78 Å². The molecule has 1 aromatic carbocycles. The Morgan fingerprint density at radius 1 is 1.32 bits per heavy atom. The summed E-state index contributed by atoms with van der Waals surface area (Å²) >= 11 is 0. The predicted octanol–water partition coefficient (Wildman–Crippen LogP) is 1.96. The molecular weight excluding hydrogens is 284 g/mol. The monoisotopic (exact) mass is 298 g/mol. The second-order valence-corrected chi connectivity index (χ2v) is 4.98. The number of esters is 1. The van der Waals surface area contributed by atoms with Crippen molar-refractivity contribution in [3.05, 3.63) is 53.3 Å². The van der Waals surface area contributed by atoms with Crippen molar-refractivity contribution in [2.24, 2.45) is 0 Å². The number of para-hydroxylation sites is 1. The second-order valence-electron chi connectivity index (χ2n) is 4.98. The largest absolute Gasteiger partial charge is 0.475 e. The van der Waals surface area contributed by atoms with Crippen molar-refractivity contribution < 1.29 is 19.4 Å². The van der Waals surface area contributed by atoms with Gasteiger partial charge in [-0.2, -0.15) is 0 Å². The number of hydrogen-bond donors (Lipinski definition) is 1. The van der Waals surface area contributed by atoms with Crippen molar-refractivity contribution in [1.82, 2.24) is 9.55 Å². The van der Waals surface area contributed by atoms with Gasteiger partial charge in [0.1, 0.15) is 6.33 Å². The molecule has 2 aromatic rings. The van der Waals surface area contributed by atoms with Crippen molar-refractivity contribution in [1.29, 1.82) is 0 Å². The van der Waals surface area contributed by atoms with Gasteiger partial charge in [-0.1, -0.05) is 18.2 Å². The summed E-state index contributed by atoms with van der Waals surface area (Å²) in [5, 5.41) is 9.10. The smallest absolute Gasteiger partial charge is 0.372 e. The lowest BCUT2D eigenvalue weighted by atomic mass is 10.0. The van der Waals surface area contributed by atoms with Crippen LogP contribution in [0, 0.1) is 0 Å². The minimum atomic E-state index is -1.30. The van der Waals surface area contributed by atoms with Gasteiger partial charge in [0, 0.05) is 18.7 Å². The molecule has 0 radical (unpaired) electrons. The van der Waals surface area contributed by atoms with Gasteiger partial charge in [0.2, 0.25) is 5.76 Å². The van der Waals surface area contributed by atoms with Gasteiger partial charge in [0.15, 0.2) is 0 Å². The molecule has 1 aliphatic heterocycles. The third kappa shape index (κ3) is 2.50. The number of carbonyl (C=O) groups is 2. The highest BCUT2D eigenvalue weighted by atomic mass is 16.6. The van der Waals surface area contributed by atoms with Gasteiger partial charge < -0.3 is 14.4 Å². The van der Waals surface area contributed by atoms with Crippen LogP contribution in [0.5, 0.6) is 0 Å². The maximum Gasteiger partial charge on any atom is 0.372 e. The lowest BCUT2D eigenvalue weighted by Gasteiger charge is -2.19. The molecule has 0 amide bonds. The molecule has 3 rings (SSSR count). The van der Waals surface area contributed by atoms with Gasteiger partial charge in [-0.05, 0) is 24.5 Å². The summed E-state index contributed by atoms with van der Waals surface area (Å²) in [4.78, 5) is 26.4. The summed E-state index contributed by atoms with van der Waals surface area (Å²) in [5.41, 5.74) is 3.68. The fourth-order valence-electron chi connectivity index (χ4n) is 2.59. The summed E-state index contributed by atoms with van der Waals surface area (Å²) in [5.74, 6) is -2.40. The molecular formula is C16H14N2O4. The van der Waals surface area contributed by atoms with E-state index >= 15 is 0 Å². The van der Waals surface area contributed by atoms with Crippen LogP contribution in [0.3, 0.4) is 0 Å². The average Bonchev–Trinajstić information content (AvgIpc) is 2.89. The van der Waals surface area contributed by atoms with E-state index in [1.807, 2.05) is 22.8 Å². The van der Waals surface area contributed by atoms with Crippen LogP contribution in [-0.2, 0) is 27.2 Å². The molecule has 1 aromatic heterocycles. The van der Waals surface area contributed by atoms with E-state index in [9.17, 15) is 9.59 Å². The number of fused-ring (bicyclic) bond motifs is 3. The van der Waals surface area contributed by atoms with Gasteiger partial charge in [0.05, 0.1) is 11.4 Å². The van der Waals surface area contributed by atoms with E-state index in [-0.39, 0.29) is 0 Å². The van der Waals surface area contributed by atoms with Crippen molar-refractivity contribution in [3.8, 4) is 5.69 Å². The van der Waals surface area contributed by atoms with E-state index in [0.717, 1.165) is 31.1 Å². The lowest BCUT2D eigenvalue weighted by molar-refractivity contribution is -0.146. The third-order valence-electron chi connectivity index (χ3n) is 3.51. The van der Waals surface area contributed by atoms with Crippen molar-refractivity contribution >= 4 is 18.0 Å². The number of imidazole rings is 1. The average molecular weight is 298 g/mol. The quantitative estimate of drug-likeness (QED) is 0.532. The van der Waals surface area contributed by atoms with Crippen LogP contribution < -0.4 is 0 Å². The molecule has 0 bridgehead atoms. The highest BCUT2D eigenvalue weighted by Crippen LogP contribution is 2.27. The Morgan fingerprint density at radius 3 is 2.82 bits per heavy atom. The summed E-state index contributed by atoms with van der Waals surface area (Å²) < 4.78 is 6.66. The van der Waals surface area contributed by atoms with E-state index < -0.39 is 17.7 Å². The van der Waals surface area contributed by atoms with E-state index in [2.05, 4.69) is 11.1 Å². The highest BCUT2D eigenvalue weighted by molar-refractivity contribution is 5.92. The number of hydrogen-bond acceptors (Lipinski definition) is 4. The normalized spacial score (nSPS) is 13.2. The van der Waals surface area contributed by atoms with Crippen molar-refractivity contribution in [3.63, 3.8) is 0 Å². The number of carboxylic acid groups (broad SMARTS) is 1. The van der Waals surface area contributed by atoms with Gasteiger partial charge in [0.25, 0.3) is 0 Å². The Bertz CT molecular complexity index is 789. The lowest BCUT2D eigenvalue weighted by Crippen LogP contribution is -2.12. The first-order valence-electron chi connectivity index (χ1n) is 6.84. The maximum absolute atomic E-state index is 11.1. The van der Waals surface area contributed by atoms with Crippen LogP contribution in [0.25, 0.3) is 11.8 Å². The van der Waals surface area contributed by atoms with Gasteiger partial charge >= 0.3 is 11.9 Å². The molecule has 0 fully saturated rings. The van der Waals surface area contributed by atoms with Crippen LogP contribution >= 0.6 is 0 Å². The Balaban J connectivity index is 2.04. The molecule has 22 heavy (non-hydrogen) atoms. The molecule has 0 aliphatic carbocycles. The number of carbonyl (C=O) groups excluding carboxylic acids is 1. The van der Waals surface area contributed by atoms with E-state index in [0.29, 0.717) is 5.69 Å². The number of rotatable bonds is 3. The van der Waals surface area contributed by atoms with Crippen LogP contribution in [0.2, 0.25) is 0 Å².